The number of fused-ring (bicyclic) bond motifs is 2. The number of aromatic hydroxyl groups is 1. The summed E-state index contributed by atoms with van der Waals surface area (Å²) >= 11 is 21.7. The van der Waals surface area contributed by atoms with Gasteiger partial charge in [0.05, 0.1) is 16.6 Å². The first kappa shape index (κ1) is 30.4. The molecule has 0 amide bonds. The van der Waals surface area contributed by atoms with Crippen LogP contribution in [0.15, 0.2) is 97.1 Å². The lowest BCUT2D eigenvalue weighted by atomic mass is 10.1. The van der Waals surface area contributed by atoms with Crippen LogP contribution in [0.1, 0.15) is 5.56 Å². The average Bonchev–Trinajstić information content (AvgIpc) is 2.94. The molecule has 5 nitrogen and oxygen atoms in total. The minimum Gasteiger partial charge on any atom is -0.507 e. The Hall–Kier alpha value is -2.56. The number of halogens is 5. The van der Waals surface area contributed by atoms with E-state index in [1.807, 2.05) is 85.8 Å². The molecular weight excluding hydrogens is 742 g/mol. The van der Waals surface area contributed by atoms with E-state index in [9.17, 15) is 5.11 Å². The zero-order valence-electron chi connectivity index (χ0n) is 20.9. The summed E-state index contributed by atoms with van der Waals surface area (Å²) < 4.78 is 0.271. The Labute approximate surface area is 267 Å². The molecule has 1 N–H and O–H groups in total. The van der Waals surface area contributed by atoms with E-state index in [0.717, 1.165) is 32.9 Å². The number of rotatable bonds is 2. The van der Waals surface area contributed by atoms with Gasteiger partial charge in [-0.2, -0.15) is 0 Å². The Morgan fingerprint density at radius 1 is 0.575 bits per heavy atom. The number of nitrogens with zero attached hydrogens (tertiary/aromatic N) is 4. The maximum atomic E-state index is 9.80. The van der Waals surface area contributed by atoms with Gasteiger partial charge in [0.2, 0.25) is 0 Å². The van der Waals surface area contributed by atoms with E-state index in [4.69, 9.17) is 23.2 Å². The zero-order chi connectivity index (χ0) is 28.6. The fraction of sp³-hybridized carbons (Fsp3) is 0.0345. The van der Waals surface area contributed by atoms with E-state index < -0.39 is 0 Å². The van der Waals surface area contributed by atoms with E-state index in [0.29, 0.717) is 27.5 Å². The first-order valence-corrected chi connectivity index (χ1v) is 15.4. The Balaban J connectivity index is 0.000000164. The fourth-order valence-corrected chi connectivity index (χ4v) is 4.28. The Kier molecular flexibility index (Phi) is 10.9. The van der Waals surface area contributed by atoms with Crippen LogP contribution in [0.5, 0.6) is 5.75 Å². The second-order valence-electron chi connectivity index (χ2n) is 8.29. The molecule has 2 heterocycles. The van der Waals surface area contributed by atoms with E-state index in [1.54, 1.807) is 18.2 Å². The van der Waals surface area contributed by atoms with Gasteiger partial charge in [-0.05, 0) is 48.9 Å². The average molecular weight is 762 g/mol. The summed E-state index contributed by atoms with van der Waals surface area (Å²) in [7, 11) is 0. The summed E-state index contributed by atoms with van der Waals surface area (Å²) in [6.45, 7) is 2.04. The predicted molar refractivity (Wildman–Crippen MR) is 179 cm³/mol. The molecule has 0 atom stereocenters. The van der Waals surface area contributed by atoms with Crippen LogP contribution in [-0.2, 0) is 0 Å². The minimum atomic E-state index is 0.142. The summed E-state index contributed by atoms with van der Waals surface area (Å²) in [5.41, 5.74) is 4.37. The number of phenolic OH excluding ortho intramolecular Hbond substituents is 1. The third-order valence-electron chi connectivity index (χ3n) is 5.64. The number of para-hydroxylation sites is 3. The molecule has 4 aromatic carbocycles. The van der Waals surface area contributed by atoms with Gasteiger partial charge in [-0.1, -0.05) is 83.9 Å². The van der Waals surface area contributed by atoms with E-state index in [-0.39, 0.29) is 8.93 Å². The van der Waals surface area contributed by atoms with Crippen molar-refractivity contribution in [2.75, 3.05) is 0 Å². The van der Waals surface area contributed by atoms with E-state index in [1.165, 1.54) is 0 Å². The predicted octanol–water partition coefficient (Wildman–Crippen LogP) is 10.1. The van der Waals surface area contributed by atoms with Crippen LogP contribution in [-0.4, -0.2) is 28.2 Å². The van der Waals surface area contributed by atoms with Crippen molar-refractivity contribution in [1.82, 2.24) is 19.9 Å². The molecule has 0 saturated carbocycles. The van der Waals surface area contributed by atoms with Crippen LogP contribution >= 0.6 is 70.5 Å². The molecule has 0 radical (unpaired) electrons. The molecule has 200 valence electrons. The summed E-state index contributed by atoms with van der Waals surface area (Å²) in [5.74, 6) is 1.25. The molecule has 0 aliphatic carbocycles. The van der Waals surface area contributed by atoms with Gasteiger partial charge in [-0.15, -0.1) is 47.3 Å². The lowest BCUT2D eigenvalue weighted by molar-refractivity contribution is 0.477. The van der Waals surface area contributed by atoms with Crippen molar-refractivity contribution in [3.8, 4) is 28.5 Å². The Bertz CT molecular complexity index is 1650. The molecule has 0 spiro atoms. The number of hydrogen-bond donors (Lipinski definition) is 1. The third-order valence-corrected chi connectivity index (χ3v) is 6.22. The maximum absolute atomic E-state index is 9.80. The number of aryl methyl sites for hydroxylation is 1. The summed E-state index contributed by atoms with van der Waals surface area (Å²) in [5, 5.41) is 12.4. The molecule has 0 aliphatic heterocycles. The minimum absolute atomic E-state index is 0.142. The van der Waals surface area contributed by atoms with Crippen LogP contribution in [0, 0.1) is 6.92 Å². The molecule has 6 aromatic rings. The van der Waals surface area contributed by atoms with Crippen LogP contribution < -0.4 is 0 Å². The van der Waals surface area contributed by atoms with Crippen molar-refractivity contribution in [3.63, 3.8) is 0 Å². The molecule has 2 aromatic heterocycles. The topological polar surface area (TPSA) is 71.8 Å². The molecule has 40 heavy (non-hydrogen) atoms. The molecule has 0 fully saturated rings. The van der Waals surface area contributed by atoms with Gasteiger partial charge in [-0.3, -0.25) is 0 Å². The van der Waals surface area contributed by atoms with Gasteiger partial charge in [-0.25, -0.2) is 19.9 Å². The summed E-state index contributed by atoms with van der Waals surface area (Å²) in [6.07, 6.45) is 0. The van der Waals surface area contributed by atoms with Gasteiger partial charge in [0.15, 0.2) is 11.6 Å². The van der Waals surface area contributed by atoms with Gasteiger partial charge >= 0.3 is 3.18 Å². The van der Waals surface area contributed by atoms with Gasteiger partial charge in [0.25, 0.3) is 0 Å². The van der Waals surface area contributed by atoms with Crippen molar-refractivity contribution in [2.45, 2.75) is 6.92 Å². The van der Waals surface area contributed by atoms with Crippen molar-refractivity contribution < 1.29 is 5.11 Å². The highest BCUT2D eigenvalue weighted by atomic mass is 79.9. The van der Waals surface area contributed by atoms with E-state index in [2.05, 4.69) is 67.2 Å². The molecule has 11 heteroatoms. The highest BCUT2D eigenvalue weighted by Gasteiger charge is 2.11. The van der Waals surface area contributed by atoms with Gasteiger partial charge < -0.3 is 5.11 Å². The summed E-state index contributed by atoms with van der Waals surface area (Å²) in [4.78, 5) is 17.6. The van der Waals surface area contributed by atoms with Crippen LogP contribution in [0.3, 0.4) is 0 Å². The second-order valence-corrected chi connectivity index (χ2v) is 15.4. The molecule has 0 aliphatic rings. The molecule has 0 saturated heterocycles. The number of hydrogen-bond acceptors (Lipinski definition) is 5. The third kappa shape index (κ3) is 7.80. The Morgan fingerprint density at radius 3 is 1.48 bits per heavy atom. The standard InChI is InChI=1S/C15H11ClN2.C14H9ClN2O.BBr3/c1-10-6-2-3-7-11(10)15-17-13-9-5-4-8-12(13)14(16)18-15;15-13-9-5-1-3-7-11(9)16-14(17-13)10-6-2-4-8-12(10)18;2-1(3)4/h2-9H,1H3;1-8,18H;. The van der Waals surface area contributed by atoms with Crippen molar-refractivity contribution >= 4 is 95.5 Å². The number of phenols is 1. The zero-order valence-corrected chi connectivity index (χ0v) is 27.2. The summed E-state index contributed by atoms with van der Waals surface area (Å²) in [6, 6.07) is 30.2. The maximum Gasteiger partial charge on any atom is 0.369 e. The van der Waals surface area contributed by atoms with Crippen LogP contribution in [0.25, 0.3) is 44.6 Å². The number of benzene rings is 4. The quantitative estimate of drug-likeness (QED) is 0.141. The smallest absolute Gasteiger partial charge is 0.369 e. The lowest BCUT2D eigenvalue weighted by Gasteiger charge is -2.06. The van der Waals surface area contributed by atoms with E-state index >= 15 is 0 Å². The van der Waals surface area contributed by atoms with Crippen molar-refractivity contribution in [2.24, 2.45) is 0 Å². The van der Waals surface area contributed by atoms with Crippen LogP contribution in [0.2, 0.25) is 10.3 Å². The van der Waals surface area contributed by atoms with Gasteiger partial charge in [0.1, 0.15) is 16.1 Å². The molecule has 0 bridgehead atoms. The van der Waals surface area contributed by atoms with Crippen molar-refractivity contribution in [1.29, 1.82) is 0 Å². The monoisotopic (exact) mass is 758 g/mol. The SMILES string of the molecule is BrB(Br)Br.Cc1ccccc1-c1nc(Cl)c2ccccc2n1.Oc1ccccc1-c1nc(Cl)c2ccccc2n1. The lowest BCUT2D eigenvalue weighted by Crippen LogP contribution is -1.93. The highest BCUT2D eigenvalue weighted by Crippen LogP contribution is 2.30. The highest BCUT2D eigenvalue weighted by molar-refractivity contribution is 9.69. The normalized spacial score (nSPS) is 10.3. The molecule has 6 rings (SSSR count). The van der Waals surface area contributed by atoms with Gasteiger partial charge in [0, 0.05) is 16.3 Å². The largest absolute Gasteiger partial charge is 0.507 e. The number of aromatic nitrogens is 4. The fourth-order valence-electron chi connectivity index (χ4n) is 3.80. The van der Waals surface area contributed by atoms with Crippen molar-refractivity contribution in [3.05, 3.63) is 113 Å². The van der Waals surface area contributed by atoms with Crippen LogP contribution in [0.4, 0.5) is 0 Å². The first-order valence-electron chi connectivity index (χ1n) is 11.9. The molecule has 0 unspecified atom stereocenters. The molecular formula is C29H20BBr3Cl2N4O. The first-order chi connectivity index (χ1) is 19.2. The second kappa shape index (κ2) is 14.4. The Morgan fingerprint density at radius 2 is 0.975 bits per heavy atom.